The van der Waals surface area contributed by atoms with Crippen LogP contribution in [0.5, 0.6) is 0 Å². The lowest BCUT2D eigenvalue weighted by Gasteiger charge is -2.35. The third-order valence-electron chi connectivity index (χ3n) is 4.95. The Morgan fingerprint density at radius 1 is 1.29 bits per heavy atom. The standard InChI is InChI=1S/C20H34N4O3S/c1-5-21-20(22-12-15-28(25,26)24(6-2)7-3)23-13-14-27-19(16-23)18-11-9-8-10-17(18)4/h8-11,19H,5-7,12-16H2,1-4H3,(H,21,22). The predicted octanol–water partition coefficient (Wildman–Crippen LogP) is 2.01. The number of nitrogens with zero attached hydrogens (tertiary/aromatic N) is 3. The van der Waals surface area contributed by atoms with E-state index in [4.69, 9.17) is 4.74 Å². The number of rotatable bonds is 8. The molecule has 0 aromatic heterocycles. The number of benzene rings is 1. The maximum Gasteiger partial charge on any atom is 0.215 e. The molecule has 1 fully saturated rings. The van der Waals surface area contributed by atoms with Crippen molar-refractivity contribution in [2.45, 2.75) is 33.8 Å². The molecule has 1 aromatic carbocycles. The summed E-state index contributed by atoms with van der Waals surface area (Å²) in [4.78, 5) is 6.75. The van der Waals surface area contributed by atoms with E-state index in [2.05, 4.69) is 34.3 Å². The van der Waals surface area contributed by atoms with E-state index < -0.39 is 10.0 Å². The fourth-order valence-electron chi connectivity index (χ4n) is 3.42. The van der Waals surface area contributed by atoms with Gasteiger partial charge in [-0.2, -0.15) is 0 Å². The van der Waals surface area contributed by atoms with Gasteiger partial charge in [0.1, 0.15) is 6.10 Å². The van der Waals surface area contributed by atoms with Crippen molar-refractivity contribution in [3.8, 4) is 0 Å². The van der Waals surface area contributed by atoms with Crippen LogP contribution in [0.1, 0.15) is 38.0 Å². The van der Waals surface area contributed by atoms with Crippen LogP contribution in [0.25, 0.3) is 0 Å². The average Bonchev–Trinajstić information content (AvgIpc) is 2.68. The summed E-state index contributed by atoms with van der Waals surface area (Å²) in [6.07, 6.45) is -0.0155. The molecule has 1 heterocycles. The highest BCUT2D eigenvalue weighted by molar-refractivity contribution is 7.89. The molecular weight excluding hydrogens is 376 g/mol. The van der Waals surface area contributed by atoms with Crippen LogP contribution in [-0.4, -0.2) is 75.2 Å². The summed E-state index contributed by atoms with van der Waals surface area (Å²) in [5.41, 5.74) is 2.40. The molecule has 0 aliphatic carbocycles. The zero-order valence-electron chi connectivity index (χ0n) is 17.5. The van der Waals surface area contributed by atoms with E-state index in [1.54, 1.807) is 0 Å². The molecule has 1 aliphatic rings. The second-order valence-corrected chi connectivity index (χ2v) is 8.89. The first-order valence-corrected chi connectivity index (χ1v) is 11.7. The third kappa shape index (κ3) is 5.93. The minimum Gasteiger partial charge on any atom is -0.370 e. The Bertz CT molecular complexity index is 748. The van der Waals surface area contributed by atoms with Gasteiger partial charge in [0.25, 0.3) is 0 Å². The molecule has 0 amide bonds. The minimum atomic E-state index is -3.27. The van der Waals surface area contributed by atoms with Crippen molar-refractivity contribution in [2.24, 2.45) is 4.99 Å². The van der Waals surface area contributed by atoms with Gasteiger partial charge in [0.2, 0.25) is 10.0 Å². The Morgan fingerprint density at radius 2 is 2.00 bits per heavy atom. The SMILES string of the molecule is CCNC(=NCCS(=O)(=O)N(CC)CC)N1CCOC(c2ccccc2C)C1. The van der Waals surface area contributed by atoms with E-state index in [1.807, 2.05) is 32.9 Å². The normalized spacial score (nSPS) is 18.5. The molecule has 8 heteroatoms. The number of ether oxygens (including phenoxy) is 1. The summed E-state index contributed by atoms with van der Waals surface area (Å²) in [5, 5.41) is 3.29. The lowest BCUT2D eigenvalue weighted by Crippen LogP contribution is -2.48. The summed E-state index contributed by atoms with van der Waals surface area (Å²) in [5.74, 6) is 0.772. The summed E-state index contributed by atoms with van der Waals surface area (Å²) in [6, 6.07) is 8.25. The van der Waals surface area contributed by atoms with Gasteiger partial charge in [0, 0.05) is 26.2 Å². The molecule has 158 valence electrons. The van der Waals surface area contributed by atoms with Crippen molar-refractivity contribution in [1.29, 1.82) is 0 Å². The maximum absolute atomic E-state index is 12.4. The predicted molar refractivity (Wildman–Crippen MR) is 114 cm³/mol. The largest absolute Gasteiger partial charge is 0.370 e. The number of morpholine rings is 1. The van der Waals surface area contributed by atoms with Crippen LogP contribution < -0.4 is 5.32 Å². The number of hydrogen-bond donors (Lipinski definition) is 1. The minimum absolute atomic E-state index is 0.0155. The van der Waals surface area contributed by atoms with Gasteiger partial charge in [-0.3, -0.25) is 4.99 Å². The first-order valence-electron chi connectivity index (χ1n) is 10.1. The van der Waals surface area contributed by atoms with Gasteiger partial charge < -0.3 is 15.0 Å². The number of aryl methyl sites for hydroxylation is 1. The van der Waals surface area contributed by atoms with Gasteiger partial charge in [0.15, 0.2) is 5.96 Å². The van der Waals surface area contributed by atoms with Crippen molar-refractivity contribution in [3.63, 3.8) is 0 Å². The lowest BCUT2D eigenvalue weighted by atomic mass is 10.0. The highest BCUT2D eigenvalue weighted by atomic mass is 32.2. The molecular formula is C20H34N4O3S. The van der Waals surface area contributed by atoms with Crippen molar-refractivity contribution in [2.75, 3.05) is 51.6 Å². The number of guanidine groups is 1. The molecule has 1 aliphatic heterocycles. The monoisotopic (exact) mass is 410 g/mol. The van der Waals surface area contributed by atoms with Crippen LogP contribution in [0.4, 0.5) is 0 Å². The Morgan fingerprint density at radius 3 is 2.64 bits per heavy atom. The summed E-state index contributed by atoms with van der Waals surface area (Å²) in [7, 11) is -3.27. The molecule has 2 rings (SSSR count). The molecule has 1 N–H and O–H groups in total. The molecule has 0 spiro atoms. The van der Waals surface area contributed by atoms with Gasteiger partial charge in [-0.1, -0.05) is 38.1 Å². The van der Waals surface area contributed by atoms with E-state index in [-0.39, 0.29) is 18.4 Å². The van der Waals surface area contributed by atoms with E-state index >= 15 is 0 Å². The van der Waals surface area contributed by atoms with Crippen LogP contribution in [-0.2, 0) is 14.8 Å². The van der Waals surface area contributed by atoms with Crippen LogP contribution >= 0.6 is 0 Å². The number of aliphatic imine (C=N–C) groups is 1. The number of hydrogen-bond acceptors (Lipinski definition) is 4. The van der Waals surface area contributed by atoms with Gasteiger partial charge in [-0.05, 0) is 25.0 Å². The van der Waals surface area contributed by atoms with Crippen LogP contribution in [0.2, 0.25) is 0 Å². The summed E-state index contributed by atoms with van der Waals surface area (Å²) >= 11 is 0. The topological polar surface area (TPSA) is 74.2 Å². The zero-order valence-corrected chi connectivity index (χ0v) is 18.3. The molecule has 1 atom stereocenters. The van der Waals surface area contributed by atoms with Crippen LogP contribution in [0.15, 0.2) is 29.3 Å². The summed E-state index contributed by atoms with van der Waals surface area (Å²) in [6.45, 7) is 11.8. The van der Waals surface area contributed by atoms with Crippen molar-refractivity contribution >= 4 is 16.0 Å². The number of sulfonamides is 1. The third-order valence-corrected chi connectivity index (χ3v) is 6.95. The molecule has 1 unspecified atom stereocenters. The van der Waals surface area contributed by atoms with E-state index in [1.165, 1.54) is 15.4 Å². The van der Waals surface area contributed by atoms with Gasteiger partial charge in [-0.15, -0.1) is 0 Å². The van der Waals surface area contributed by atoms with Crippen LogP contribution in [0.3, 0.4) is 0 Å². The second-order valence-electron chi connectivity index (χ2n) is 6.80. The molecule has 1 saturated heterocycles. The fourth-order valence-corrected chi connectivity index (χ4v) is 4.78. The first-order chi connectivity index (χ1) is 13.4. The molecule has 0 saturated carbocycles. The fraction of sp³-hybridized carbons (Fsp3) is 0.650. The quantitative estimate of drug-likeness (QED) is 0.524. The molecule has 0 radical (unpaired) electrons. The van der Waals surface area contributed by atoms with E-state index in [0.29, 0.717) is 26.2 Å². The van der Waals surface area contributed by atoms with Crippen molar-refractivity contribution in [1.82, 2.24) is 14.5 Å². The molecule has 0 bridgehead atoms. The molecule has 1 aromatic rings. The van der Waals surface area contributed by atoms with Crippen LogP contribution in [0, 0.1) is 6.92 Å². The lowest BCUT2D eigenvalue weighted by molar-refractivity contribution is -0.00831. The number of nitrogens with one attached hydrogen (secondary N) is 1. The zero-order chi connectivity index (χ0) is 20.6. The smallest absolute Gasteiger partial charge is 0.215 e. The van der Waals surface area contributed by atoms with E-state index in [9.17, 15) is 8.42 Å². The first kappa shape index (κ1) is 22.6. The Balaban J connectivity index is 2.08. The van der Waals surface area contributed by atoms with Gasteiger partial charge in [-0.25, -0.2) is 12.7 Å². The highest BCUT2D eigenvalue weighted by Gasteiger charge is 2.25. The Labute approximate surface area is 169 Å². The van der Waals surface area contributed by atoms with Gasteiger partial charge >= 0.3 is 0 Å². The highest BCUT2D eigenvalue weighted by Crippen LogP contribution is 2.25. The summed E-state index contributed by atoms with van der Waals surface area (Å²) < 4.78 is 32.3. The van der Waals surface area contributed by atoms with Gasteiger partial charge in [0.05, 0.1) is 25.4 Å². The molecule has 28 heavy (non-hydrogen) atoms. The van der Waals surface area contributed by atoms with Crippen molar-refractivity contribution < 1.29 is 13.2 Å². The maximum atomic E-state index is 12.4. The molecule has 7 nitrogen and oxygen atoms in total. The van der Waals surface area contributed by atoms with Crippen molar-refractivity contribution in [3.05, 3.63) is 35.4 Å². The Hall–Kier alpha value is -1.64. The average molecular weight is 411 g/mol. The van der Waals surface area contributed by atoms with E-state index in [0.717, 1.165) is 19.0 Å². The second kappa shape index (κ2) is 10.8. The Kier molecular flexibility index (Phi) is 8.72.